The normalized spacial score (nSPS) is 18.8. The van der Waals surface area contributed by atoms with Crippen LogP contribution in [0.3, 0.4) is 0 Å². The van der Waals surface area contributed by atoms with Crippen LogP contribution in [0.4, 0.5) is 10.8 Å². The molecule has 0 bridgehead atoms. The fourth-order valence-corrected chi connectivity index (χ4v) is 6.46. The predicted molar refractivity (Wildman–Crippen MR) is 144 cm³/mol. The Morgan fingerprint density at radius 2 is 2.18 bits per heavy atom. The Hall–Kier alpha value is -3.66. The number of nitrogens with two attached hydrogens (primary N) is 1. The van der Waals surface area contributed by atoms with Crippen molar-refractivity contribution in [3.05, 3.63) is 70.3 Å². The number of allylic oxidation sites excluding steroid dienone is 3. The van der Waals surface area contributed by atoms with Crippen LogP contribution in [0, 0.1) is 16.7 Å². The molecule has 2 aliphatic rings. The van der Waals surface area contributed by atoms with Crippen LogP contribution in [0.1, 0.15) is 38.4 Å². The summed E-state index contributed by atoms with van der Waals surface area (Å²) in [5, 5.41) is 21.9. The van der Waals surface area contributed by atoms with Gasteiger partial charge in [0.25, 0.3) is 0 Å². The number of rotatable bonds is 6. The summed E-state index contributed by atoms with van der Waals surface area (Å²) in [5.74, 6) is -0.305. The third-order valence-electron chi connectivity index (χ3n) is 6.16. The molecule has 4 heterocycles. The van der Waals surface area contributed by atoms with Gasteiger partial charge >= 0.3 is 0 Å². The van der Waals surface area contributed by atoms with Gasteiger partial charge in [-0.05, 0) is 36.1 Å². The number of pyridine rings is 1. The maximum atomic E-state index is 13.5. The lowest BCUT2D eigenvalue weighted by Gasteiger charge is -2.42. The zero-order valence-electron chi connectivity index (χ0n) is 20.4. The topological polar surface area (TPSA) is 151 Å². The number of anilines is 2. The molecule has 1 aliphatic heterocycles. The smallest absolute Gasteiger partial charge is 0.234 e. The highest BCUT2D eigenvalue weighted by molar-refractivity contribution is 8.01. The average Bonchev–Trinajstić information content (AvgIpc) is 3.55. The number of carbonyl (C=O) groups is 2. The molecule has 3 aromatic rings. The van der Waals surface area contributed by atoms with Gasteiger partial charge in [0, 0.05) is 23.9 Å². The lowest BCUT2D eigenvalue weighted by atomic mass is 9.69. The van der Waals surface area contributed by atoms with Crippen molar-refractivity contribution in [1.82, 2.24) is 15.2 Å². The van der Waals surface area contributed by atoms with E-state index >= 15 is 0 Å². The van der Waals surface area contributed by atoms with E-state index in [0.29, 0.717) is 45.0 Å². The van der Waals surface area contributed by atoms with Gasteiger partial charge in [0.1, 0.15) is 11.6 Å². The Balaban J connectivity index is 1.45. The first-order valence-electron chi connectivity index (χ1n) is 11.5. The van der Waals surface area contributed by atoms with Crippen LogP contribution in [0.25, 0.3) is 0 Å². The Bertz CT molecular complexity index is 1520. The quantitative estimate of drug-likeness (QED) is 0.312. The van der Waals surface area contributed by atoms with Crippen LogP contribution in [0.15, 0.2) is 68.1 Å². The zero-order valence-corrected chi connectivity index (χ0v) is 22.8. The maximum absolute atomic E-state index is 13.5. The molecule has 0 radical (unpaired) electrons. The number of Topliss-reactive ketones (excluding diaryl/α,β-unsaturated/α-hetero) is 1. The molecule has 0 fully saturated rings. The summed E-state index contributed by atoms with van der Waals surface area (Å²) in [6.45, 7) is 4.03. The van der Waals surface area contributed by atoms with Gasteiger partial charge in [-0.2, -0.15) is 5.26 Å². The van der Waals surface area contributed by atoms with Crippen molar-refractivity contribution in [3.63, 3.8) is 0 Å². The molecule has 0 spiro atoms. The van der Waals surface area contributed by atoms with Gasteiger partial charge in [-0.3, -0.25) is 14.5 Å². The molecule has 0 saturated heterocycles. The standard InChI is InChI=1S/C25H22ClN7O3S2/c1-25(2)9-15-20(16(34)10-25)19(17-6-4-8-36-17)13(11-27)22(28)33(15)23-31-32-24(38-23)37-12-18(35)30-14-5-3-7-29-21(14)26/h3-8,19H,9-10,12,28H2,1-2H3,(H,30,35). The molecule has 38 heavy (non-hydrogen) atoms. The Morgan fingerprint density at radius 3 is 2.89 bits per heavy atom. The minimum Gasteiger partial charge on any atom is -0.468 e. The summed E-state index contributed by atoms with van der Waals surface area (Å²) in [6, 6.07) is 8.99. The van der Waals surface area contributed by atoms with Gasteiger partial charge in [0.2, 0.25) is 11.0 Å². The molecule has 0 saturated carbocycles. The summed E-state index contributed by atoms with van der Waals surface area (Å²) in [4.78, 5) is 31.5. The number of hydrogen-bond donors (Lipinski definition) is 2. The number of thioether (sulfide) groups is 1. The second kappa shape index (κ2) is 10.2. The number of hydrogen-bond acceptors (Lipinski definition) is 11. The number of carbonyl (C=O) groups excluding carboxylic acids is 2. The fraction of sp³-hybridized carbons (Fsp3) is 0.280. The first-order chi connectivity index (χ1) is 18.2. The molecule has 5 rings (SSSR count). The van der Waals surface area contributed by atoms with Crippen LogP contribution in [0.2, 0.25) is 5.15 Å². The number of furan rings is 1. The average molecular weight is 568 g/mol. The molecule has 13 heteroatoms. The first kappa shape index (κ1) is 26.0. The van der Waals surface area contributed by atoms with E-state index in [9.17, 15) is 14.9 Å². The van der Waals surface area contributed by atoms with E-state index in [4.69, 9.17) is 21.8 Å². The van der Waals surface area contributed by atoms with Gasteiger partial charge in [-0.15, -0.1) is 10.2 Å². The van der Waals surface area contributed by atoms with E-state index in [1.165, 1.54) is 35.6 Å². The van der Waals surface area contributed by atoms with Crippen molar-refractivity contribution in [1.29, 1.82) is 5.26 Å². The number of nitrogens with zero attached hydrogens (tertiary/aromatic N) is 5. The lowest BCUT2D eigenvalue weighted by Crippen LogP contribution is -2.42. The van der Waals surface area contributed by atoms with E-state index in [1.54, 1.807) is 29.2 Å². The SMILES string of the molecule is CC1(C)CC(=O)C2=C(C1)N(c1nnc(SCC(=O)Nc3cccnc3Cl)s1)C(N)=C(C#N)C2c1ccco1. The lowest BCUT2D eigenvalue weighted by molar-refractivity contribution is -0.118. The van der Waals surface area contributed by atoms with E-state index in [-0.39, 0.29) is 39.4 Å². The molecule has 1 amide bonds. The molecule has 0 aromatic carbocycles. The minimum atomic E-state index is -0.686. The summed E-state index contributed by atoms with van der Waals surface area (Å²) in [6.07, 6.45) is 3.92. The summed E-state index contributed by atoms with van der Waals surface area (Å²) >= 11 is 8.43. The number of aromatic nitrogens is 3. The zero-order chi connectivity index (χ0) is 27.0. The number of ketones is 1. The summed E-state index contributed by atoms with van der Waals surface area (Å²) < 4.78 is 6.15. The van der Waals surface area contributed by atoms with Gasteiger partial charge in [-0.1, -0.05) is 48.5 Å². The first-order valence-corrected chi connectivity index (χ1v) is 13.7. The highest BCUT2D eigenvalue weighted by Gasteiger charge is 2.46. The Kier molecular flexibility index (Phi) is 7.00. The maximum Gasteiger partial charge on any atom is 0.234 e. The van der Waals surface area contributed by atoms with Crippen molar-refractivity contribution >= 4 is 57.2 Å². The number of nitriles is 1. The van der Waals surface area contributed by atoms with E-state index < -0.39 is 5.92 Å². The molecular weight excluding hydrogens is 546 g/mol. The van der Waals surface area contributed by atoms with E-state index in [0.717, 1.165) is 0 Å². The number of amides is 1. The van der Waals surface area contributed by atoms with Crippen LogP contribution in [0.5, 0.6) is 0 Å². The minimum absolute atomic E-state index is 0.0623. The largest absolute Gasteiger partial charge is 0.468 e. The van der Waals surface area contributed by atoms with Gasteiger partial charge in [0.15, 0.2) is 15.3 Å². The molecule has 3 aromatic heterocycles. The van der Waals surface area contributed by atoms with Crippen molar-refractivity contribution in [3.8, 4) is 6.07 Å². The second-order valence-corrected chi connectivity index (χ2v) is 12.1. The second-order valence-electron chi connectivity index (χ2n) is 9.53. The fourth-order valence-electron chi connectivity index (χ4n) is 4.61. The van der Waals surface area contributed by atoms with Crippen LogP contribution < -0.4 is 16.0 Å². The molecular formula is C25H22ClN7O3S2. The molecule has 1 atom stereocenters. The van der Waals surface area contributed by atoms with Gasteiger partial charge in [-0.25, -0.2) is 4.98 Å². The van der Waals surface area contributed by atoms with Crippen LogP contribution in [-0.2, 0) is 9.59 Å². The summed E-state index contributed by atoms with van der Waals surface area (Å²) in [7, 11) is 0. The molecule has 1 aliphatic carbocycles. The Labute approximate surface area is 231 Å². The van der Waals surface area contributed by atoms with E-state index in [1.807, 2.05) is 13.8 Å². The predicted octanol–water partition coefficient (Wildman–Crippen LogP) is 4.85. The highest BCUT2D eigenvalue weighted by atomic mass is 35.5. The number of nitrogens with one attached hydrogen (secondary N) is 1. The van der Waals surface area contributed by atoms with Crippen molar-refractivity contribution in [2.24, 2.45) is 11.1 Å². The Morgan fingerprint density at radius 1 is 1.37 bits per heavy atom. The third-order valence-corrected chi connectivity index (χ3v) is 8.50. The molecule has 10 nitrogen and oxygen atoms in total. The number of halogens is 1. The van der Waals surface area contributed by atoms with Crippen LogP contribution in [-0.4, -0.2) is 32.6 Å². The van der Waals surface area contributed by atoms with Gasteiger partial charge in [0.05, 0.1) is 35.3 Å². The summed E-state index contributed by atoms with van der Waals surface area (Å²) in [5.41, 5.74) is 8.06. The van der Waals surface area contributed by atoms with E-state index in [2.05, 4.69) is 26.6 Å². The third kappa shape index (κ3) is 4.92. The van der Waals surface area contributed by atoms with Crippen molar-refractivity contribution < 1.29 is 14.0 Å². The van der Waals surface area contributed by atoms with Gasteiger partial charge < -0.3 is 15.5 Å². The molecule has 1 unspecified atom stereocenters. The van der Waals surface area contributed by atoms with Crippen molar-refractivity contribution in [2.45, 2.75) is 36.9 Å². The highest BCUT2D eigenvalue weighted by Crippen LogP contribution is 2.50. The molecule has 194 valence electrons. The van der Waals surface area contributed by atoms with Crippen molar-refractivity contribution in [2.75, 3.05) is 16.0 Å². The molecule has 3 N–H and O–H groups in total. The van der Waals surface area contributed by atoms with Crippen LogP contribution >= 0.6 is 34.7 Å². The monoisotopic (exact) mass is 567 g/mol.